The number of nitrogens with one attached hydrogen (secondary N) is 4. The maximum Gasteiger partial charge on any atom is 0.149 e. The van der Waals surface area contributed by atoms with Crippen LogP contribution in [0.2, 0.25) is 0 Å². The summed E-state index contributed by atoms with van der Waals surface area (Å²) in [6.07, 6.45) is 64.9. The number of unbranched alkanes of at least 4 members (excludes halogenated alkanes) is 35. The summed E-state index contributed by atoms with van der Waals surface area (Å²) in [5.74, 6) is 5.48. The van der Waals surface area contributed by atoms with Crippen LogP contribution in [-0.4, -0.2) is 155 Å². The number of rotatable bonds is 74. The molecular formula is C106H217N4O7S10-. The topological polar surface area (TPSA) is 186 Å². The van der Waals surface area contributed by atoms with Gasteiger partial charge in [-0.05, 0) is 146 Å². The summed E-state index contributed by atoms with van der Waals surface area (Å²) in [5.41, 5.74) is 6.44. The molecule has 2 rings (SSSR count). The first-order valence-electron chi connectivity index (χ1n) is 52.5. The van der Waals surface area contributed by atoms with Crippen molar-refractivity contribution in [2.45, 2.75) is 497 Å². The fraction of sp³-hybridized carbons (Fsp3) is 0.887. The van der Waals surface area contributed by atoms with E-state index in [9.17, 15) is 13.0 Å². The molecule has 0 bridgehead atoms. The van der Waals surface area contributed by atoms with E-state index in [1.165, 1.54) is 310 Å². The van der Waals surface area contributed by atoms with Gasteiger partial charge in [-0.15, -0.1) is 12.6 Å². The molecule has 0 saturated heterocycles. The Bertz CT molecular complexity index is 2380. The summed E-state index contributed by atoms with van der Waals surface area (Å²) in [6.45, 7) is 50.2. The lowest BCUT2D eigenvalue weighted by Crippen LogP contribution is -2.36. The Hall–Kier alpha value is 1.18. The van der Waals surface area contributed by atoms with Crippen LogP contribution in [0, 0.1) is 50.4 Å². The van der Waals surface area contributed by atoms with E-state index in [0.717, 1.165) is 125 Å². The third-order valence-electron chi connectivity index (χ3n) is 24.5. The summed E-state index contributed by atoms with van der Waals surface area (Å²) in [6, 6.07) is 13.0. The molecule has 2 aromatic rings. The highest BCUT2D eigenvalue weighted by Crippen LogP contribution is 2.27. The number of thiol groups is 8. The molecule has 0 spiro atoms. The molecule has 0 saturated carbocycles. The normalized spacial score (nSPS) is 13.1. The maximum atomic E-state index is 10.4. The van der Waals surface area contributed by atoms with E-state index >= 15 is 0 Å². The third-order valence-corrected chi connectivity index (χ3v) is 30.6. The van der Waals surface area contributed by atoms with Crippen molar-refractivity contribution in [1.29, 1.82) is 0 Å². The van der Waals surface area contributed by atoms with Gasteiger partial charge in [-0.3, -0.25) is 0 Å². The molecule has 0 aromatic heterocycles. The zero-order chi connectivity index (χ0) is 97.2. The molecule has 2 aromatic carbocycles. The first-order chi connectivity index (χ1) is 61.0. The van der Waals surface area contributed by atoms with Crippen molar-refractivity contribution in [3.8, 4) is 11.1 Å². The zero-order valence-electron chi connectivity index (χ0n) is 86.3. The van der Waals surface area contributed by atoms with Crippen LogP contribution in [0.5, 0.6) is 0 Å². The van der Waals surface area contributed by atoms with E-state index in [4.69, 9.17) is 70.9 Å². The van der Waals surface area contributed by atoms with Crippen molar-refractivity contribution < 1.29 is 33.4 Å². The maximum absolute atomic E-state index is 10.4. The summed E-state index contributed by atoms with van der Waals surface area (Å²) < 4.78 is 31.2. The summed E-state index contributed by atoms with van der Waals surface area (Å²) in [7, 11) is -3.54. The van der Waals surface area contributed by atoms with Crippen molar-refractivity contribution in [2.24, 2.45) is 29.6 Å². The van der Waals surface area contributed by atoms with Crippen LogP contribution in [0.25, 0.3) is 11.1 Å². The molecule has 0 heterocycles. The van der Waals surface area contributed by atoms with Crippen molar-refractivity contribution in [3.63, 3.8) is 0 Å². The summed E-state index contributed by atoms with van der Waals surface area (Å²) in [4.78, 5) is 1.05. The van der Waals surface area contributed by atoms with E-state index in [1.54, 1.807) is 0 Å². The molecule has 8 atom stereocenters. The Morgan fingerprint density at radius 2 is 0.598 bits per heavy atom. The van der Waals surface area contributed by atoms with Gasteiger partial charge in [0.1, 0.15) is 9.15 Å². The van der Waals surface area contributed by atoms with Crippen molar-refractivity contribution in [2.75, 3.05) is 82.0 Å². The molecule has 764 valence electrons. The fourth-order valence-corrected chi connectivity index (χ4v) is 19.1. The van der Waals surface area contributed by atoms with E-state index in [-0.39, 0.29) is 17.6 Å². The zero-order valence-corrected chi connectivity index (χ0v) is 95.1. The highest BCUT2D eigenvalue weighted by molar-refractivity contribution is 8.69. The molecule has 8 unspecified atom stereocenters. The largest absolute Gasteiger partial charge is 0.739 e. The smallest absolute Gasteiger partial charge is 0.149 e. The van der Waals surface area contributed by atoms with Gasteiger partial charge in [0.15, 0.2) is 0 Å². The molecule has 8 N–H and O–H groups in total. The van der Waals surface area contributed by atoms with Crippen LogP contribution in [0.4, 0.5) is 0 Å². The molecule has 127 heavy (non-hydrogen) atoms. The van der Waals surface area contributed by atoms with Crippen molar-refractivity contribution in [3.05, 3.63) is 53.1 Å². The van der Waals surface area contributed by atoms with Crippen LogP contribution in [-0.2, 0) is 9.15 Å². The highest BCUT2D eigenvalue weighted by Gasteiger charge is 2.18. The van der Waals surface area contributed by atoms with Gasteiger partial charge < -0.3 is 46.2 Å². The second kappa shape index (κ2) is 111. The van der Waals surface area contributed by atoms with Crippen LogP contribution in [0.3, 0.4) is 0 Å². The van der Waals surface area contributed by atoms with Crippen LogP contribution >= 0.6 is 112 Å². The van der Waals surface area contributed by atoms with Gasteiger partial charge in [-0.25, -0.2) is 8.42 Å². The first-order valence-corrected chi connectivity index (χ1v) is 59.8. The predicted octanol–water partition coefficient (Wildman–Crippen LogP) is 31.0. The number of hydrogen-bond acceptors (Lipinski definition) is 20. The second-order valence-corrected chi connectivity index (χ2v) is 43.3. The molecular weight excluding hydrogens is 1760 g/mol. The van der Waals surface area contributed by atoms with Gasteiger partial charge in [0.2, 0.25) is 0 Å². The average molecular weight is 1980 g/mol. The molecule has 0 aliphatic rings. The monoisotopic (exact) mass is 1980 g/mol. The quantitative estimate of drug-likeness (QED) is 0.0130. The molecule has 11 nitrogen and oxygen atoms in total. The molecule has 0 fully saturated rings. The minimum absolute atomic E-state index is 0.0833. The third kappa shape index (κ3) is 101. The van der Waals surface area contributed by atoms with Crippen molar-refractivity contribution >= 4 is 121 Å². The Balaban J connectivity index is -0.000000264. The number of benzene rings is 2. The first kappa shape index (κ1) is 141. The number of aliphatic hydroxyl groups is 4. The standard InChI is InChI=1S/C19H40.C18H38O3S2.C17H38N2S2.C16H36N2S2.C15H16S.C7H16O.C7H16S.C4H10O2S2.C3H8O/c1-3-5-7-9-11-13-15-17-19-18-16-14-12-10-8-6-4-2;1-2-3-4-5-6-7-8-9-10-11-12-13-14-15-16-17-18-22-23(19,20)21;1-5-14(6-2)16(20)12-18-10-9-11-19-13-17(21)15(7-3)8-4;1-5-13(6-2)15(19)11-17-9-10-18-12-16(20)14(7-3)8-4;1-10-4-5-13(8-11(10)2)14-6-7-15(16)12(3)9-14;1-4-6(3)7(8)5-2;1-2-3-4-5-6-7-8;5-3(1-7)4(6)2-8;1-2-3-4/h3-19H2,1-2H3;2-18H2,1H3,(H,19,20,21);14-21H,5-13H2,1-4H3;13-20H,5-12H2,1-4H3;4-9,16H,1-3H3;6-8H,4-5H2,1-3H3;8H,2-7H2,1H3;3-8H,1-2H2;4H,2-3H2,1H3/p-1. The number of hydrogen-bond donors (Lipinski definition) is 16. The van der Waals surface area contributed by atoms with E-state index in [2.05, 4.69) is 226 Å². The summed E-state index contributed by atoms with van der Waals surface area (Å²) >= 11 is 34.9. The van der Waals surface area contributed by atoms with Crippen molar-refractivity contribution in [1.82, 2.24) is 21.3 Å². The fourth-order valence-electron chi connectivity index (χ4n) is 14.5. The Kier molecular flexibility index (Phi) is 123. The SMILES string of the molecule is CCC(C)C(O)CC.CCC(CC)C(S)CNCCCNCC(S)C(CC)CC.CCC(CC)C(S)CNCCNCC(S)C(CC)CC.CCCCCCCCCCCCCCCCCCC.CCCCCCCCCCCCCCCCCCSS(=O)(=O)[O-].CCCCCCCS.CCCO.Cc1ccc(-c2ccc(S)c(C)c2)cc1C.OC(CS)C(O)CS. The Labute approximate surface area is 841 Å². The van der Waals surface area contributed by atoms with E-state index in [1.807, 2.05) is 13.8 Å². The van der Waals surface area contributed by atoms with Gasteiger partial charge in [0.05, 0.1) is 18.3 Å². The van der Waals surface area contributed by atoms with Crippen LogP contribution in [0.1, 0.15) is 449 Å². The lowest BCUT2D eigenvalue weighted by atomic mass is 9.99. The highest BCUT2D eigenvalue weighted by atomic mass is 33.1. The lowest BCUT2D eigenvalue weighted by Gasteiger charge is -2.22. The van der Waals surface area contributed by atoms with E-state index in [0.29, 0.717) is 50.1 Å². The molecule has 0 amide bonds. The van der Waals surface area contributed by atoms with Gasteiger partial charge in [-0.1, -0.05) is 430 Å². The number of aryl methyl sites for hydroxylation is 3. The minimum atomic E-state index is -4.08. The van der Waals surface area contributed by atoms with E-state index < -0.39 is 21.4 Å². The number of aliphatic hydroxyl groups excluding tert-OH is 4. The van der Waals surface area contributed by atoms with Gasteiger partial charge in [0, 0.05) is 89.0 Å². The lowest BCUT2D eigenvalue weighted by molar-refractivity contribution is 0.0504. The molecule has 0 aliphatic heterocycles. The molecule has 0 aliphatic carbocycles. The van der Waals surface area contributed by atoms with Gasteiger partial charge >= 0.3 is 0 Å². The molecule has 0 radical (unpaired) electrons. The Morgan fingerprint density at radius 3 is 0.819 bits per heavy atom. The van der Waals surface area contributed by atoms with Crippen LogP contribution in [0.15, 0.2) is 41.3 Å². The Morgan fingerprint density at radius 1 is 0.339 bits per heavy atom. The second-order valence-electron chi connectivity index (χ2n) is 35.6. The van der Waals surface area contributed by atoms with Gasteiger partial charge in [0.25, 0.3) is 0 Å². The molecule has 21 heteroatoms. The summed E-state index contributed by atoms with van der Waals surface area (Å²) in [5, 5.41) is 50.5. The van der Waals surface area contributed by atoms with Crippen LogP contribution < -0.4 is 21.3 Å². The minimum Gasteiger partial charge on any atom is -0.739 e. The average Bonchev–Trinajstić information content (AvgIpc) is 0.833. The predicted molar refractivity (Wildman–Crippen MR) is 604 cm³/mol. The van der Waals surface area contributed by atoms with Gasteiger partial charge in [-0.2, -0.15) is 88.4 Å².